The molecule has 5 heteroatoms. The maximum atomic E-state index is 12.6. The van der Waals surface area contributed by atoms with Gasteiger partial charge in [-0.25, -0.2) is 0 Å². The topological polar surface area (TPSA) is 58.6 Å². The summed E-state index contributed by atoms with van der Waals surface area (Å²) < 4.78 is 5.11. The van der Waals surface area contributed by atoms with Gasteiger partial charge in [0.1, 0.15) is 0 Å². The first-order valence-corrected chi connectivity index (χ1v) is 9.82. The van der Waals surface area contributed by atoms with Crippen LogP contribution in [0.15, 0.2) is 54.6 Å². The Balaban J connectivity index is 1.49. The summed E-state index contributed by atoms with van der Waals surface area (Å²) in [4.78, 5) is 27.0. The van der Waals surface area contributed by atoms with Crippen LogP contribution in [0.3, 0.4) is 0 Å². The zero-order valence-electron chi connectivity index (χ0n) is 16.4. The summed E-state index contributed by atoms with van der Waals surface area (Å²) in [5.41, 5.74) is 3.18. The molecule has 0 aromatic heterocycles. The molecule has 1 unspecified atom stereocenters. The van der Waals surface area contributed by atoms with Gasteiger partial charge < -0.3 is 15.0 Å². The van der Waals surface area contributed by atoms with E-state index in [1.165, 1.54) is 0 Å². The molecular weight excluding hydrogens is 352 g/mol. The molecule has 1 saturated heterocycles. The van der Waals surface area contributed by atoms with E-state index >= 15 is 0 Å². The molecule has 0 aliphatic carbocycles. The van der Waals surface area contributed by atoms with E-state index in [9.17, 15) is 9.59 Å². The van der Waals surface area contributed by atoms with Gasteiger partial charge in [-0.3, -0.25) is 9.59 Å². The Morgan fingerprint density at radius 3 is 2.46 bits per heavy atom. The van der Waals surface area contributed by atoms with E-state index in [0.717, 1.165) is 36.1 Å². The van der Waals surface area contributed by atoms with Crippen LogP contribution < -0.4 is 5.32 Å². The average molecular weight is 380 g/mol. The van der Waals surface area contributed by atoms with Crippen LogP contribution in [-0.2, 0) is 33.9 Å². The van der Waals surface area contributed by atoms with Gasteiger partial charge in [-0.1, -0.05) is 54.6 Å². The van der Waals surface area contributed by atoms with Crippen LogP contribution in [0.4, 0.5) is 0 Å². The average Bonchev–Trinajstić information content (AvgIpc) is 2.74. The van der Waals surface area contributed by atoms with Crippen LogP contribution in [0, 0.1) is 5.92 Å². The summed E-state index contributed by atoms with van der Waals surface area (Å²) >= 11 is 0. The Labute approximate surface area is 166 Å². The highest BCUT2D eigenvalue weighted by atomic mass is 16.5. The molecular formula is C23H28N2O3. The minimum atomic E-state index is -0.138. The van der Waals surface area contributed by atoms with E-state index < -0.39 is 0 Å². The second-order valence-electron chi connectivity index (χ2n) is 7.31. The third-order valence-corrected chi connectivity index (χ3v) is 5.14. The van der Waals surface area contributed by atoms with Gasteiger partial charge in [0.05, 0.1) is 18.9 Å². The lowest BCUT2D eigenvalue weighted by Gasteiger charge is -2.32. The summed E-state index contributed by atoms with van der Waals surface area (Å²) in [6, 6.07) is 17.8. The monoisotopic (exact) mass is 380 g/mol. The molecule has 1 aliphatic rings. The fraction of sp³-hybridized carbons (Fsp3) is 0.391. The second kappa shape index (κ2) is 10.0. The summed E-state index contributed by atoms with van der Waals surface area (Å²) in [5, 5.41) is 3.02. The van der Waals surface area contributed by atoms with Crippen molar-refractivity contribution in [1.82, 2.24) is 10.2 Å². The normalized spacial score (nSPS) is 16.6. The Morgan fingerprint density at radius 1 is 1.04 bits per heavy atom. The van der Waals surface area contributed by atoms with Crippen molar-refractivity contribution >= 4 is 11.8 Å². The van der Waals surface area contributed by atoms with Crippen molar-refractivity contribution < 1.29 is 14.3 Å². The van der Waals surface area contributed by atoms with E-state index in [2.05, 4.69) is 5.32 Å². The van der Waals surface area contributed by atoms with Crippen molar-refractivity contribution in [1.29, 1.82) is 0 Å². The Hall–Kier alpha value is -2.66. The quantitative estimate of drug-likeness (QED) is 0.803. The van der Waals surface area contributed by atoms with Gasteiger partial charge in [0, 0.05) is 26.7 Å². The Morgan fingerprint density at radius 2 is 1.75 bits per heavy atom. The molecule has 1 N–H and O–H groups in total. The number of amides is 2. The van der Waals surface area contributed by atoms with E-state index in [1.807, 2.05) is 59.5 Å². The standard InChI is InChI=1S/C23H28N2O3/c1-28-17-20-11-9-19(10-12-20)15-24-23(27)21-8-5-13-25(16-21)22(26)14-18-6-3-2-4-7-18/h2-4,6-7,9-12,21H,5,8,13-17H2,1H3,(H,24,27). The maximum Gasteiger partial charge on any atom is 0.227 e. The molecule has 2 aromatic rings. The van der Waals surface area contributed by atoms with Crippen LogP contribution in [0.5, 0.6) is 0 Å². The number of piperidine rings is 1. The van der Waals surface area contributed by atoms with Gasteiger partial charge in [-0.2, -0.15) is 0 Å². The highest BCUT2D eigenvalue weighted by molar-refractivity contribution is 5.82. The zero-order chi connectivity index (χ0) is 19.8. The fourth-order valence-corrected chi connectivity index (χ4v) is 3.55. The van der Waals surface area contributed by atoms with Crippen molar-refractivity contribution in [2.24, 2.45) is 5.92 Å². The predicted octanol–water partition coefficient (Wildman–Crippen LogP) is 2.93. The lowest BCUT2D eigenvalue weighted by atomic mass is 9.96. The van der Waals surface area contributed by atoms with Crippen LogP contribution in [0.25, 0.3) is 0 Å². The van der Waals surface area contributed by atoms with E-state index in [0.29, 0.717) is 26.1 Å². The molecule has 0 bridgehead atoms. The molecule has 1 heterocycles. The fourth-order valence-electron chi connectivity index (χ4n) is 3.55. The van der Waals surface area contributed by atoms with Crippen LogP contribution in [-0.4, -0.2) is 36.9 Å². The molecule has 28 heavy (non-hydrogen) atoms. The van der Waals surface area contributed by atoms with Crippen molar-refractivity contribution in [2.45, 2.75) is 32.4 Å². The predicted molar refractivity (Wildman–Crippen MR) is 108 cm³/mol. The molecule has 0 saturated carbocycles. The number of nitrogens with zero attached hydrogens (tertiary/aromatic N) is 1. The Bertz CT molecular complexity index is 774. The third-order valence-electron chi connectivity index (χ3n) is 5.14. The molecule has 2 aromatic carbocycles. The number of rotatable bonds is 7. The van der Waals surface area contributed by atoms with Crippen molar-refractivity contribution in [3.05, 3.63) is 71.3 Å². The number of ether oxygens (including phenoxy) is 1. The first-order valence-electron chi connectivity index (χ1n) is 9.82. The number of carbonyl (C=O) groups is 2. The molecule has 2 amide bonds. The van der Waals surface area contributed by atoms with E-state index in [4.69, 9.17) is 4.74 Å². The molecule has 0 radical (unpaired) electrons. The molecule has 1 fully saturated rings. The first kappa shape index (κ1) is 20.1. The molecule has 0 spiro atoms. The van der Waals surface area contributed by atoms with Gasteiger partial charge in [0.2, 0.25) is 11.8 Å². The highest BCUT2D eigenvalue weighted by Crippen LogP contribution is 2.18. The van der Waals surface area contributed by atoms with Gasteiger partial charge in [0.15, 0.2) is 0 Å². The van der Waals surface area contributed by atoms with Crippen LogP contribution >= 0.6 is 0 Å². The number of hydrogen-bond acceptors (Lipinski definition) is 3. The van der Waals surface area contributed by atoms with E-state index in [-0.39, 0.29) is 17.7 Å². The van der Waals surface area contributed by atoms with Crippen LogP contribution in [0.1, 0.15) is 29.5 Å². The summed E-state index contributed by atoms with van der Waals surface area (Å²) in [7, 11) is 1.67. The number of hydrogen-bond donors (Lipinski definition) is 1. The van der Waals surface area contributed by atoms with Crippen LogP contribution in [0.2, 0.25) is 0 Å². The van der Waals surface area contributed by atoms with Gasteiger partial charge in [0.25, 0.3) is 0 Å². The minimum absolute atomic E-state index is 0.0261. The summed E-state index contributed by atoms with van der Waals surface area (Å²) in [6.45, 7) is 2.32. The molecule has 5 nitrogen and oxygen atoms in total. The van der Waals surface area contributed by atoms with E-state index in [1.54, 1.807) is 7.11 Å². The van der Waals surface area contributed by atoms with Crippen molar-refractivity contribution in [3.8, 4) is 0 Å². The lowest BCUT2D eigenvalue weighted by Crippen LogP contribution is -2.45. The van der Waals surface area contributed by atoms with Crippen molar-refractivity contribution in [2.75, 3.05) is 20.2 Å². The number of carbonyl (C=O) groups excluding carboxylic acids is 2. The summed E-state index contributed by atoms with van der Waals surface area (Å²) in [6.07, 6.45) is 2.08. The lowest BCUT2D eigenvalue weighted by molar-refractivity contribution is -0.135. The highest BCUT2D eigenvalue weighted by Gasteiger charge is 2.28. The molecule has 1 aliphatic heterocycles. The van der Waals surface area contributed by atoms with Gasteiger partial charge >= 0.3 is 0 Å². The van der Waals surface area contributed by atoms with Gasteiger partial charge in [-0.15, -0.1) is 0 Å². The minimum Gasteiger partial charge on any atom is -0.380 e. The zero-order valence-corrected chi connectivity index (χ0v) is 16.4. The molecule has 1 atom stereocenters. The summed E-state index contributed by atoms with van der Waals surface area (Å²) in [5.74, 6) is -0.0168. The molecule has 148 valence electrons. The second-order valence-corrected chi connectivity index (χ2v) is 7.31. The third kappa shape index (κ3) is 5.67. The Kier molecular flexibility index (Phi) is 7.20. The number of benzene rings is 2. The maximum absolute atomic E-state index is 12.6. The SMILES string of the molecule is COCc1ccc(CNC(=O)C2CCCN(C(=O)Cc3ccccc3)C2)cc1. The first-order chi connectivity index (χ1) is 13.7. The van der Waals surface area contributed by atoms with Crippen molar-refractivity contribution in [3.63, 3.8) is 0 Å². The van der Waals surface area contributed by atoms with Gasteiger partial charge in [-0.05, 0) is 29.5 Å². The number of likely N-dealkylation sites (tertiary alicyclic amines) is 1. The number of nitrogens with one attached hydrogen (secondary N) is 1. The largest absolute Gasteiger partial charge is 0.380 e. The number of methoxy groups -OCH3 is 1. The smallest absolute Gasteiger partial charge is 0.227 e. The molecule has 3 rings (SSSR count).